The minimum Gasteiger partial charge on any atom is -0.383 e. The molecular formula is C10H16N4O4S. The first-order chi connectivity index (χ1) is 8.53. The van der Waals surface area contributed by atoms with Gasteiger partial charge < -0.3 is 11.1 Å². The average Bonchev–Trinajstić information content (AvgIpc) is 2.24. The van der Waals surface area contributed by atoms with Crippen molar-refractivity contribution in [1.29, 1.82) is 0 Å². The van der Waals surface area contributed by atoms with Gasteiger partial charge in [-0.2, -0.15) is 0 Å². The van der Waals surface area contributed by atoms with Crippen LogP contribution >= 0.6 is 0 Å². The first kappa shape index (κ1) is 15.2. The molecule has 0 atom stereocenters. The second-order valence-corrected chi connectivity index (χ2v) is 7.43. The smallest absolute Gasteiger partial charge is 0.276 e. The van der Waals surface area contributed by atoms with Crippen LogP contribution in [0, 0.1) is 10.1 Å². The summed E-state index contributed by atoms with van der Waals surface area (Å²) in [5, 5.41) is 13.4. The fourth-order valence-electron chi connectivity index (χ4n) is 1.17. The highest BCUT2D eigenvalue weighted by Crippen LogP contribution is 2.21. The Morgan fingerprint density at radius 3 is 2.53 bits per heavy atom. The molecule has 0 unspecified atom stereocenters. The molecule has 0 bridgehead atoms. The molecule has 0 saturated heterocycles. The van der Waals surface area contributed by atoms with Gasteiger partial charge >= 0.3 is 0 Å². The molecule has 0 spiro atoms. The van der Waals surface area contributed by atoms with Crippen molar-refractivity contribution in [3.63, 3.8) is 0 Å². The third kappa shape index (κ3) is 3.78. The van der Waals surface area contributed by atoms with Crippen molar-refractivity contribution >= 4 is 27.2 Å². The zero-order valence-electron chi connectivity index (χ0n) is 10.9. The van der Waals surface area contributed by atoms with Crippen LogP contribution in [0.15, 0.2) is 12.1 Å². The van der Waals surface area contributed by atoms with E-state index < -0.39 is 19.5 Å². The van der Waals surface area contributed by atoms with Crippen LogP contribution in [0.1, 0.15) is 13.8 Å². The predicted molar refractivity (Wildman–Crippen MR) is 72.7 cm³/mol. The Balaban J connectivity index is 2.93. The Morgan fingerprint density at radius 2 is 2.05 bits per heavy atom. The fourth-order valence-corrected chi connectivity index (χ4v) is 1.50. The van der Waals surface area contributed by atoms with Gasteiger partial charge in [0.25, 0.3) is 5.69 Å². The van der Waals surface area contributed by atoms with Gasteiger partial charge in [0, 0.05) is 12.8 Å². The summed E-state index contributed by atoms with van der Waals surface area (Å²) in [5.41, 5.74) is 5.25. The number of nitrogen functional groups attached to an aromatic ring is 1. The molecule has 1 rings (SSSR count). The van der Waals surface area contributed by atoms with Crippen LogP contribution in [-0.2, 0) is 9.84 Å². The van der Waals surface area contributed by atoms with E-state index in [0.717, 1.165) is 12.3 Å². The largest absolute Gasteiger partial charge is 0.383 e. The van der Waals surface area contributed by atoms with Gasteiger partial charge in [0.15, 0.2) is 9.84 Å². The summed E-state index contributed by atoms with van der Waals surface area (Å²) in [4.78, 5) is 13.9. The van der Waals surface area contributed by atoms with Gasteiger partial charge in [-0.3, -0.25) is 10.1 Å². The monoisotopic (exact) mass is 288 g/mol. The van der Waals surface area contributed by atoms with Crippen LogP contribution < -0.4 is 11.1 Å². The Hall–Kier alpha value is -1.90. The molecule has 0 saturated carbocycles. The van der Waals surface area contributed by atoms with Gasteiger partial charge in [0.2, 0.25) is 0 Å². The average molecular weight is 288 g/mol. The molecule has 0 fully saturated rings. The van der Waals surface area contributed by atoms with Crippen LogP contribution in [0.3, 0.4) is 0 Å². The summed E-state index contributed by atoms with van der Waals surface area (Å²) in [6.07, 6.45) is 1.13. The molecule has 3 N–H and O–H groups in total. The van der Waals surface area contributed by atoms with Crippen LogP contribution in [0.5, 0.6) is 0 Å². The number of hydrogen-bond acceptors (Lipinski definition) is 7. The molecular weight excluding hydrogens is 272 g/mol. The summed E-state index contributed by atoms with van der Waals surface area (Å²) in [7, 11) is -3.26. The maximum absolute atomic E-state index is 11.5. The number of nitrogens with one attached hydrogen (secondary N) is 1. The van der Waals surface area contributed by atoms with Crippen LogP contribution in [0.2, 0.25) is 0 Å². The number of nitrogens with zero attached hydrogens (tertiary/aromatic N) is 2. The molecule has 0 amide bonds. The van der Waals surface area contributed by atoms with Crippen molar-refractivity contribution in [2.45, 2.75) is 18.6 Å². The Bertz CT molecular complexity index is 598. The predicted octanol–water partition coefficient (Wildman–Crippen LogP) is 0.807. The van der Waals surface area contributed by atoms with Crippen molar-refractivity contribution in [2.75, 3.05) is 23.9 Å². The Kier molecular flexibility index (Phi) is 3.99. The molecule has 19 heavy (non-hydrogen) atoms. The van der Waals surface area contributed by atoms with E-state index in [1.165, 1.54) is 6.07 Å². The molecule has 1 aromatic heterocycles. The number of aromatic nitrogens is 1. The lowest BCUT2D eigenvalue weighted by molar-refractivity contribution is -0.384. The fraction of sp³-hybridized carbons (Fsp3) is 0.500. The standard InChI is InChI=1S/C10H16N4O4S/c1-10(2,19(3,17)18)6-12-9-5-7(14(15)16)4-8(11)13-9/h4-5H,6H2,1-3H3,(H3,11,12,13). The van der Waals surface area contributed by atoms with E-state index in [9.17, 15) is 18.5 Å². The van der Waals surface area contributed by atoms with Crippen molar-refractivity contribution in [1.82, 2.24) is 4.98 Å². The summed E-state index contributed by atoms with van der Waals surface area (Å²) >= 11 is 0. The zero-order chi connectivity index (χ0) is 14.8. The summed E-state index contributed by atoms with van der Waals surface area (Å²) in [6, 6.07) is 2.33. The summed E-state index contributed by atoms with van der Waals surface area (Å²) < 4.78 is 22.0. The third-order valence-electron chi connectivity index (χ3n) is 2.74. The Labute approximate surface area is 111 Å². The minimum atomic E-state index is -3.26. The molecule has 0 radical (unpaired) electrons. The lowest BCUT2D eigenvalue weighted by Crippen LogP contribution is -2.38. The minimum absolute atomic E-state index is 0.00568. The van der Waals surface area contributed by atoms with Gasteiger partial charge in [-0.05, 0) is 13.8 Å². The quantitative estimate of drug-likeness (QED) is 0.605. The summed E-state index contributed by atoms with van der Waals surface area (Å²) in [5.74, 6) is 0.164. The number of nitro groups is 1. The van der Waals surface area contributed by atoms with E-state index in [-0.39, 0.29) is 23.9 Å². The van der Waals surface area contributed by atoms with E-state index in [4.69, 9.17) is 5.73 Å². The number of anilines is 2. The SMILES string of the molecule is CC(C)(CNc1cc([N+](=O)[O-])cc(N)n1)S(C)(=O)=O. The number of nitrogens with two attached hydrogens (primary N) is 1. The zero-order valence-corrected chi connectivity index (χ0v) is 11.7. The molecule has 0 aromatic carbocycles. The molecule has 8 nitrogen and oxygen atoms in total. The Morgan fingerprint density at radius 1 is 1.47 bits per heavy atom. The number of pyridine rings is 1. The second-order valence-electron chi connectivity index (χ2n) is 4.78. The molecule has 106 valence electrons. The van der Waals surface area contributed by atoms with Gasteiger partial charge in [-0.1, -0.05) is 0 Å². The summed E-state index contributed by atoms with van der Waals surface area (Å²) in [6.45, 7) is 3.17. The molecule has 0 aliphatic heterocycles. The van der Waals surface area contributed by atoms with Gasteiger partial charge in [0.05, 0.1) is 21.8 Å². The maximum Gasteiger partial charge on any atom is 0.276 e. The third-order valence-corrected chi connectivity index (χ3v) is 4.89. The van der Waals surface area contributed by atoms with E-state index in [1.54, 1.807) is 13.8 Å². The van der Waals surface area contributed by atoms with Crippen LogP contribution in [0.4, 0.5) is 17.3 Å². The van der Waals surface area contributed by atoms with Gasteiger partial charge in [-0.25, -0.2) is 13.4 Å². The van der Waals surface area contributed by atoms with E-state index in [0.29, 0.717) is 0 Å². The van der Waals surface area contributed by atoms with Crippen molar-refractivity contribution in [2.24, 2.45) is 0 Å². The number of hydrogen-bond donors (Lipinski definition) is 2. The molecule has 1 heterocycles. The highest BCUT2D eigenvalue weighted by atomic mass is 32.2. The van der Waals surface area contributed by atoms with Crippen molar-refractivity contribution in [3.05, 3.63) is 22.2 Å². The molecule has 1 aromatic rings. The lowest BCUT2D eigenvalue weighted by atomic mass is 10.2. The highest BCUT2D eigenvalue weighted by Gasteiger charge is 2.30. The molecule has 0 aliphatic carbocycles. The maximum atomic E-state index is 11.5. The second kappa shape index (κ2) is 5.00. The van der Waals surface area contributed by atoms with Crippen LogP contribution in [-0.4, -0.2) is 35.9 Å². The van der Waals surface area contributed by atoms with Crippen molar-refractivity contribution < 1.29 is 13.3 Å². The number of sulfone groups is 1. The topological polar surface area (TPSA) is 128 Å². The first-order valence-electron chi connectivity index (χ1n) is 5.38. The van der Waals surface area contributed by atoms with E-state index >= 15 is 0 Å². The van der Waals surface area contributed by atoms with E-state index in [2.05, 4.69) is 10.3 Å². The lowest BCUT2D eigenvalue weighted by Gasteiger charge is -2.23. The normalized spacial score (nSPS) is 12.2. The highest BCUT2D eigenvalue weighted by molar-refractivity contribution is 7.92. The van der Waals surface area contributed by atoms with E-state index in [1.807, 2.05) is 0 Å². The molecule has 0 aliphatic rings. The van der Waals surface area contributed by atoms with Crippen LogP contribution in [0.25, 0.3) is 0 Å². The first-order valence-corrected chi connectivity index (χ1v) is 7.27. The van der Waals surface area contributed by atoms with Gasteiger partial charge in [-0.15, -0.1) is 0 Å². The van der Waals surface area contributed by atoms with Gasteiger partial charge in [0.1, 0.15) is 11.6 Å². The number of rotatable bonds is 5. The molecule has 9 heteroatoms. The van der Waals surface area contributed by atoms with Crippen molar-refractivity contribution in [3.8, 4) is 0 Å².